The minimum atomic E-state index is -0.479. The minimum Gasteiger partial charge on any atom is -0.485 e. The molecule has 0 unspecified atom stereocenters. The molecule has 0 radical (unpaired) electrons. The number of aromatic nitrogens is 3. The van der Waals surface area contributed by atoms with Crippen LogP contribution in [0.25, 0.3) is 5.69 Å². The zero-order chi connectivity index (χ0) is 22.1. The van der Waals surface area contributed by atoms with Crippen LogP contribution in [0.2, 0.25) is 0 Å². The second-order valence-electron chi connectivity index (χ2n) is 7.44. The maximum atomic E-state index is 12.9. The fourth-order valence-electron chi connectivity index (χ4n) is 3.77. The standard InChI is InChI=1S/C24H21N3O4S/c1-15-12-18(16(2)27(15)17-8-4-3-5-9-17)19(28)14-32-24-26-25-23(31-24)22-13-29-20-10-6-7-11-21(20)30-22/h3-12,22H,13-14H2,1-2H3/t22-/m1/s1. The van der Waals surface area contributed by atoms with Gasteiger partial charge in [0.2, 0.25) is 6.10 Å². The SMILES string of the molecule is Cc1cc(C(=O)CSc2nnc([C@H]3COc4ccccc4O3)o2)c(C)n1-c1ccccc1. The summed E-state index contributed by atoms with van der Waals surface area (Å²) in [5, 5.41) is 8.47. The van der Waals surface area contributed by atoms with Crippen LogP contribution in [0.5, 0.6) is 11.5 Å². The molecule has 0 fully saturated rings. The lowest BCUT2D eigenvalue weighted by molar-refractivity contribution is 0.0686. The topological polar surface area (TPSA) is 79.4 Å². The quantitative estimate of drug-likeness (QED) is 0.305. The van der Waals surface area contributed by atoms with Crippen molar-refractivity contribution >= 4 is 17.5 Å². The summed E-state index contributed by atoms with van der Waals surface area (Å²) in [6.45, 7) is 4.24. The lowest BCUT2D eigenvalue weighted by Gasteiger charge is -2.23. The molecule has 7 nitrogen and oxygen atoms in total. The summed E-state index contributed by atoms with van der Waals surface area (Å²) in [4.78, 5) is 12.9. The lowest BCUT2D eigenvalue weighted by Crippen LogP contribution is -2.21. The smallest absolute Gasteiger partial charge is 0.277 e. The Bertz CT molecular complexity index is 1270. The highest BCUT2D eigenvalue weighted by molar-refractivity contribution is 7.99. The number of hydrogen-bond acceptors (Lipinski definition) is 7. The molecule has 1 aliphatic rings. The summed E-state index contributed by atoms with van der Waals surface area (Å²) < 4.78 is 19.4. The van der Waals surface area contributed by atoms with Crippen LogP contribution in [0.4, 0.5) is 0 Å². The van der Waals surface area contributed by atoms with Gasteiger partial charge in [-0.15, -0.1) is 10.2 Å². The van der Waals surface area contributed by atoms with E-state index in [4.69, 9.17) is 13.9 Å². The van der Waals surface area contributed by atoms with Gasteiger partial charge in [0.05, 0.1) is 5.75 Å². The van der Waals surface area contributed by atoms with Crippen molar-refractivity contribution in [3.63, 3.8) is 0 Å². The number of benzene rings is 2. The number of para-hydroxylation sites is 3. The van der Waals surface area contributed by atoms with Gasteiger partial charge in [-0.1, -0.05) is 42.1 Å². The molecule has 0 amide bonds. The Kier molecular flexibility index (Phi) is 5.45. The van der Waals surface area contributed by atoms with E-state index in [-0.39, 0.29) is 18.1 Å². The number of Topliss-reactive ketones (excluding diaryl/α,β-unsaturated/α-hetero) is 1. The number of hydrogen-bond donors (Lipinski definition) is 0. The maximum Gasteiger partial charge on any atom is 0.277 e. The summed E-state index contributed by atoms with van der Waals surface area (Å²) in [7, 11) is 0. The van der Waals surface area contributed by atoms with Crippen molar-refractivity contribution in [1.82, 2.24) is 14.8 Å². The minimum absolute atomic E-state index is 0.0104. The van der Waals surface area contributed by atoms with E-state index >= 15 is 0 Å². The average molecular weight is 448 g/mol. The summed E-state index contributed by atoms with van der Waals surface area (Å²) in [5.74, 6) is 1.87. The molecule has 0 bridgehead atoms. The summed E-state index contributed by atoms with van der Waals surface area (Å²) >= 11 is 1.22. The van der Waals surface area contributed by atoms with E-state index in [2.05, 4.69) is 14.8 Å². The molecule has 0 spiro atoms. The number of carbonyl (C=O) groups excluding carboxylic acids is 1. The normalized spacial score (nSPS) is 15.0. The van der Waals surface area contributed by atoms with E-state index in [0.29, 0.717) is 28.2 Å². The third-order valence-electron chi connectivity index (χ3n) is 5.28. The predicted octanol–water partition coefficient (Wildman–Crippen LogP) is 4.96. The van der Waals surface area contributed by atoms with Crippen LogP contribution in [0, 0.1) is 13.8 Å². The van der Waals surface area contributed by atoms with Gasteiger partial charge in [-0.25, -0.2) is 0 Å². The third-order valence-corrected chi connectivity index (χ3v) is 6.10. The molecule has 0 saturated heterocycles. The van der Waals surface area contributed by atoms with E-state index in [1.807, 2.05) is 74.5 Å². The fourth-order valence-corrected chi connectivity index (χ4v) is 4.43. The van der Waals surface area contributed by atoms with Crippen LogP contribution >= 0.6 is 11.8 Å². The van der Waals surface area contributed by atoms with Crippen molar-refractivity contribution in [2.45, 2.75) is 25.2 Å². The number of fused-ring (bicyclic) bond motifs is 1. The lowest BCUT2D eigenvalue weighted by atomic mass is 10.2. The monoisotopic (exact) mass is 447 g/mol. The van der Waals surface area contributed by atoms with Crippen LogP contribution in [0.3, 0.4) is 0 Å². The van der Waals surface area contributed by atoms with Gasteiger partial charge in [-0.05, 0) is 44.2 Å². The molecular formula is C24H21N3O4S. The van der Waals surface area contributed by atoms with E-state index < -0.39 is 6.10 Å². The van der Waals surface area contributed by atoms with E-state index in [0.717, 1.165) is 17.1 Å². The highest BCUT2D eigenvalue weighted by Crippen LogP contribution is 2.36. The second-order valence-corrected chi connectivity index (χ2v) is 8.36. The fraction of sp³-hybridized carbons (Fsp3) is 0.208. The number of nitrogens with zero attached hydrogens (tertiary/aromatic N) is 3. The van der Waals surface area contributed by atoms with Crippen LogP contribution in [0.1, 0.15) is 33.7 Å². The van der Waals surface area contributed by atoms with Crippen LogP contribution in [-0.2, 0) is 0 Å². The molecule has 3 heterocycles. The number of aryl methyl sites for hydroxylation is 1. The molecule has 5 rings (SSSR count). The Morgan fingerprint density at radius 3 is 2.62 bits per heavy atom. The molecule has 4 aromatic rings. The summed E-state index contributed by atoms with van der Waals surface area (Å²) in [6, 6.07) is 19.4. The van der Waals surface area contributed by atoms with Crippen LogP contribution < -0.4 is 9.47 Å². The van der Waals surface area contributed by atoms with Crippen LogP contribution in [0.15, 0.2) is 70.3 Å². The first-order chi connectivity index (χ1) is 15.6. The summed E-state index contributed by atoms with van der Waals surface area (Å²) in [6.07, 6.45) is -0.479. The Labute approximate surface area is 189 Å². The van der Waals surface area contributed by atoms with Gasteiger partial charge in [0.15, 0.2) is 17.3 Å². The van der Waals surface area contributed by atoms with Gasteiger partial charge in [0.1, 0.15) is 6.61 Å². The van der Waals surface area contributed by atoms with E-state index in [9.17, 15) is 4.79 Å². The average Bonchev–Trinajstić information content (AvgIpc) is 3.42. The van der Waals surface area contributed by atoms with Gasteiger partial charge in [0, 0.05) is 22.6 Å². The van der Waals surface area contributed by atoms with Gasteiger partial charge in [-0.2, -0.15) is 0 Å². The predicted molar refractivity (Wildman–Crippen MR) is 120 cm³/mol. The van der Waals surface area contributed by atoms with Crippen molar-refractivity contribution in [3.05, 3.63) is 83.5 Å². The Balaban J connectivity index is 1.26. The van der Waals surface area contributed by atoms with Gasteiger partial charge < -0.3 is 18.5 Å². The van der Waals surface area contributed by atoms with Crippen molar-refractivity contribution in [1.29, 1.82) is 0 Å². The highest BCUT2D eigenvalue weighted by atomic mass is 32.2. The molecule has 0 aliphatic carbocycles. The van der Waals surface area contributed by atoms with Gasteiger partial charge in [0.25, 0.3) is 11.1 Å². The Morgan fingerprint density at radius 1 is 1.06 bits per heavy atom. The first-order valence-corrected chi connectivity index (χ1v) is 11.2. The first kappa shape index (κ1) is 20.4. The zero-order valence-electron chi connectivity index (χ0n) is 17.6. The molecule has 1 aliphatic heterocycles. The Morgan fingerprint density at radius 2 is 1.81 bits per heavy atom. The van der Waals surface area contributed by atoms with Crippen molar-refractivity contribution < 1.29 is 18.7 Å². The summed E-state index contributed by atoms with van der Waals surface area (Å²) in [5.41, 5.74) is 3.65. The van der Waals surface area contributed by atoms with Gasteiger partial charge >= 0.3 is 0 Å². The van der Waals surface area contributed by atoms with Crippen molar-refractivity contribution in [2.24, 2.45) is 0 Å². The highest BCUT2D eigenvalue weighted by Gasteiger charge is 2.27. The molecule has 8 heteroatoms. The molecule has 2 aromatic heterocycles. The molecule has 32 heavy (non-hydrogen) atoms. The van der Waals surface area contributed by atoms with E-state index in [1.54, 1.807) is 0 Å². The largest absolute Gasteiger partial charge is 0.485 e. The number of carbonyl (C=O) groups is 1. The molecule has 1 atom stereocenters. The zero-order valence-corrected chi connectivity index (χ0v) is 18.5. The molecule has 162 valence electrons. The molecule has 0 saturated carbocycles. The second kappa shape index (κ2) is 8.55. The molecular weight excluding hydrogens is 426 g/mol. The van der Waals surface area contributed by atoms with Crippen molar-refractivity contribution in [3.8, 4) is 17.2 Å². The number of thioether (sulfide) groups is 1. The third kappa shape index (κ3) is 3.89. The number of rotatable bonds is 6. The van der Waals surface area contributed by atoms with Crippen LogP contribution in [-0.4, -0.2) is 32.9 Å². The molecule has 2 aromatic carbocycles. The van der Waals surface area contributed by atoms with Gasteiger partial charge in [-0.3, -0.25) is 4.79 Å². The Hall–Kier alpha value is -3.52. The maximum absolute atomic E-state index is 12.9. The van der Waals surface area contributed by atoms with E-state index in [1.165, 1.54) is 11.8 Å². The number of ether oxygens (including phenoxy) is 2. The number of ketones is 1. The van der Waals surface area contributed by atoms with Crippen molar-refractivity contribution in [2.75, 3.05) is 12.4 Å². The molecule has 0 N–H and O–H groups in total. The first-order valence-electron chi connectivity index (χ1n) is 10.2.